The fourth-order valence-corrected chi connectivity index (χ4v) is 1.39. The summed E-state index contributed by atoms with van der Waals surface area (Å²) in [7, 11) is 0. The Kier molecular flexibility index (Phi) is 4.05. The number of hydrogen-bond donors (Lipinski definition) is 1. The lowest BCUT2D eigenvalue weighted by Gasteiger charge is -2.12. The van der Waals surface area contributed by atoms with E-state index in [9.17, 15) is 0 Å². The molecule has 0 aromatic heterocycles. The first-order valence-electron chi connectivity index (χ1n) is 5.05. The Morgan fingerprint density at radius 2 is 2.07 bits per heavy atom. The Hall–Kier alpha value is -1.62. The maximum Gasteiger partial charge on any atom is 0.127 e. The number of aryl methyl sites for hydroxylation is 1. The molecule has 15 heavy (non-hydrogen) atoms. The lowest BCUT2D eigenvalue weighted by Crippen LogP contribution is -2.01. The first-order chi connectivity index (χ1) is 7.16. The quantitative estimate of drug-likeness (QED) is 0.465. The summed E-state index contributed by atoms with van der Waals surface area (Å²) in [4.78, 5) is 0. The molecule has 0 aliphatic rings. The van der Waals surface area contributed by atoms with Crippen molar-refractivity contribution < 1.29 is 4.74 Å². The van der Waals surface area contributed by atoms with Crippen LogP contribution in [0.3, 0.4) is 0 Å². The Labute approximate surface area is 91.4 Å². The smallest absolute Gasteiger partial charge is 0.127 e. The largest absolute Gasteiger partial charge is 0.492 e. The number of benzene rings is 1. The summed E-state index contributed by atoms with van der Waals surface area (Å²) in [5.41, 5.74) is 8.72. The van der Waals surface area contributed by atoms with Gasteiger partial charge >= 0.3 is 0 Å². The van der Waals surface area contributed by atoms with Crippen LogP contribution >= 0.6 is 0 Å². The third kappa shape index (κ3) is 2.92. The van der Waals surface area contributed by atoms with Crippen molar-refractivity contribution in [2.75, 3.05) is 12.3 Å². The minimum atomic E-state index is 0.617. The molecule has 0 fully saturated rings. The van der Waals surface area contributed by atoms with E-state index in [0.717, 1.165) is 29.0 Å². The van der Waals surface area contributed by atoms with Crippen LogP contribution < -0.4 is 10.5 Å². The SMILES string of the molecule is CC#CCCOc1c(C)ccc(N)c1C. The Morgan fingerprint density at radius 1 is 1.33 bits per heavy atom. The Balaban J connectivity index is 2.74. The second-order valence-corrected chi connectivity index (χ2v) is 3.45. The van der Waals surface area contributed by atoms with Crippen LogP contribution in [0.4, 0.5) is 5.69 Å². The third-order valence-corrected chi connectivity index (χ3v) is 2.29. The topological polar surface area (TPSA) is 35.2 Å². The van der Waals surface area contributed by atoms with Crippen LogP contribution in [0.5, 0.6) is 5.75 Å². The van der Waals surface area contributed by atoms with Gasteiger partial charge in [0.25, 0.3) is 0 Å². The van der Waals surface area contributed by atoms with Crippen molar-refractivity contribution in [3.05, 3.63) is 23.3 Å². The van der Waals surface area contributed by atoms with Gasteiger partial charge in [-0.05, 0) is 32.4 Å². The van der Waals surface area contributed by atoms with E-state index < -0.39 is 0 Å². The zero-order valence-corrected chi connectivity index (χ0v) is 9.55. The van der Waals surface area contributed by atoms with E-state index >= 15 is 0 Å². The monoisotopic (exact) mass is 203 g/mol. The first-order valence-corrected chi connectivity index (χ1v) is 5.05. The van der Waals surface area contributed by atoms with E-state index in [0.29, 0.717) is 6.61 Å². The van der Waals surface area contributed by atoms with Crippen LogP contribution in [0, 0.1) is 25.7 Å². The van der Waals surface area contributed by atoms with E-state index in [4.69, 9.17) is 10.5 Å². The van der Waals surface area contributed by atoms with Crippen LogP contribution in [0.1, 0.15) is 24.5 Å². The highest BCUT2D eigenvalue weighted by atomic mass is 16.5. The van der Waals surface area contributed by atoms with E-state index in [-0.39, 0.29) is 0 Å². The number of hydrogen-bond acceptors (Lipinski definition) is 2. The van der Waals surface area contributed by atoms with Gasteiger partial charge in [0.1, 0.15) is 5.75 Å². The van der Waals surface area contributed by atoms with Crippen LogP contribution in [-0.4, -0.2) is 6.61 Å². The lowest BCUT2D eigenvalue weighted by molar-refractivity contribution is 0.323. The van der Waals surface area contributed by atoms with Gasteiger partial charge in [0.05, 0.1) is 6.61 Å². The summed E-state index contributed by atoms with van der Waals surface area (Å²) in [5, 5.41) is 0. The average molecular weight is 203 g/mol. The van der Waals surface area contributed by atoms with Crippen molar-refractivity contribution in [3.63, 3.8) is 0 Å². The molecule has 0 unspecified atom stereocenters. The molecule has 0 aliphatic carbocycles. The summed E-state index contributed by atoms with van der Waals surface area (Å²) in [5.74, 6) is 6.70. The summed E-state index contributed by atoms with van der Waals surface area (Å²) in [6, 6.07) is 3.88. The van der Waals surface area contributed by atoms with Crippen molar-refractivity contribution in [2.45, 2.75) is 27.2 Å². The predicted octanol–water partition coefficient (Wildman–Crippen LogP) is 2.68. The van der Waals surface area contributed by atoms with Gasteiger partial charge in [-0.2, -0.15) is 0 Å². The molecule has 2 N–H and O–H groups in total. The maximum absolute atomic E-state index is 5.81. The van der Waals surface area contributed by atoms with Crippen LogP contribution in [0.25, 0.3) is 0 Å². The standard InChI is InChI=1S/C13H17NO/c1-4-5-6-9-15-13-10(2)7-8-12(14)11(13)3/h7-8H,6,9,14H2,1-3H3. The van der Waals surface area contributed by atoms with Crippen molar-refractivity contribution in [2.24, 2.45) is 0 Å². The molecule has 0 spiro atoms. The number of ether oxygens (including phenoxy) is 1. The van der Waals surface area contributed by atoms with Crippen LogP contribution in [0.15, 0.2) is 12.1 Å². The fraction of sp³-hybridized carbons (Fsp3) is 0.385. The molecule has 0 amide bonds. The molecule has 1 aromatic carbocycles. The molecule has 0 radical (unpaired) electrons. The molecule has 0 heterocycles. The highest BCUT2D eigenvalue weighted by molar-refractivity contribution is 5.56. The minimum Gasteiger partial charge on any atom is -0.492 e. The van der Waals surface area contributed by atoms with Gasteiger partial charge in [-0.1, -0.05) is 6.07 Å². The molecule has 0 aliphatic heterocycles. The summed E-state index contributed by atoms with van der Waals surface area (Å²) >= 11 is 0. The van der Waals surface area contributed by atoms with Gasteiger partial charge in [-0.15, -0.1) is 11.8 Å². The van der Waals surface area contributed by atoms with Gasteiger partial charge < -0.3 is 10.5 Å². The second-order valence-electron chi connectivity index (χ2n) is 3.45. The summed E-state index contributed by atoms with van der Waals surface area (Å²) in [6.07, 6.45) is 0.754. The summed E-state index contributed by atoms with van der Waals surface area (Å²) in [6.45, 7) is 6.44. The Morgan fingerprint density at radius 3 is 2.73 bits per heavy atom. The van der Waals surface area contributed by atoms with Crippen LogP contribution in [-0.2, 0) is 0 Å². The van der Waals surface area contributed by atoms with E-state index in [2.05, 4.69) is 11.8 Å². The zero-order valence-electron chi connectivity index (χ0n) is 9.55. The minimum absolute atomic E-state index is 0.617. The molecule has 0 atom stereocenters. The molecular weight excluding hydrogens is 186 g/mol. The maximum atomic E-state index is 5.81. The fourth-order valence-electron chi connectivity index (χ4n) is 1.39. The molecule has 2 heteroatoms. The first kappa shape index (κ1) is 11.5. The molecule has 80 valence electrons. The van der Waals surface area contributed by atoms with Crippen LogP contribution in [0.2, 0.25) is 0 Å². The molecule has 0 bridgehead atoms. The molecule has 2 nitrogen and oxygen atoms in total. The lowest BCUT2D eigenvalue weighted by atomic mass is 10.1. The third-order valence-electron chi connectivity index (χ3n) is 2.29. The highest BCUT2D eigenvalue weighted by Crippen LogP contribution is 2.27. The van der Waals surface area contributed by atoms with Crippen molar-refractivity contribution in [1.29, 1.82) is 0 Å². The van der Waals surface area contributed by atoms with E-state index in [1.165, 1.54) is 0 Å². The van der Waals surface area contributed by atoms with Gasteiger partial charge in [-0.25, -0.2) is 0 Å². The van der Waals surface area contributed by atoms with E-state index in [1.54, 1.807) is 0 Å². The molecule has 0 saturated heterocycles. The number of nitrogen functional groups attached to an aromatic ring is 1. The highest BCUT2D eigenvalue weighted by Gasteiger charge is 2.05. The number of anilines is 1. The normalized spacial score (nSPS) is 9.27. The number of rotatable bonds is 3. The van der Waals surface area contributed by atoms with Gasteiger partial charge in [0.2, 0.25) is 0 Å². The van der Waals surface area contributed by atoms with E-state index in [1.807, 2.05) is 32.9 Å². The average Bonchev–Trinajstić information content (AvgIpc) is 2.23. The molecule has 0 saturated carbocycles. The van der Waals surface area contributed by atoms with Crippen molar-refractivity contribution in [1.82, 2.24) is 0 Å². The predicted molar refractivity (Wildman–Crippen MR) is 63.9 cm³/mol. The van der Waals surface area contributed by atoms with Gasteiger partial charge in [0.15, 0.2) is 0 Å². The van der Waals surface area contributed by atoms with Crippen molar-refractivity contribution in [3.8, 4) is 17.6 Å². The summed E-state index contributed by atoms with van der Waals surface area (Å²) < 4.78 is 5.67. The van der Waals surface area contributed by atoms with Gasteiger partial charge in [0, 0.05) is 17.7 Å². The molecular formula is C13H17NO. The number of nitrogens with two attached hydrogens (primary N) is 1. The second kappa shape index (κ2) is 5.31. The molecule has 1 rings (SSSR count). The van der Waals surface area contributed by atoms with Gasteiger partial charge in [-0.3, -0.25) is 0 Å². The molecule has 1 aromatic rings. The zero-order chi connectivity index (χ0) is 11.3. The van der Waals surface area contributed by atoms with Crippen molar-refractivity contribution >= 4 is 5.69 Å². The Bertz CT molecular complexity index is 399.